The zero-order chi connectivity index (χ0) is 18.6. The van der Waals surface area contributed by atoms with Crippen LogP contribution in [0.1, 0.15) is 48.3 Å². The second kappa shape index (κ2) is 8.23. The maximum Gasteiger partial charge on any atom is 0.221 e. The van der Waals surface area contributed by atoms with Gasteiger partial charge in [-0.25, -0.2) is 4.98 Å². The van der Waals surface area contributed by atoms with Crippen molar-refractivity contribution in [2.75, 3.05) is 26.2 Å². The van der Waals surface area contributed by atoms with Crippen molar-refractivity contribution in [2.24, 2.45) is 7.05 Å². The highest BCUT2D eigenvalue weighted by molar-refractivity contribution is 5.76. The largest absolute Gasteiger partial charge is 0.349 e. The van der Waals surface area contributed by atoms with Crippen LogP contribution in [-0.2, 0) is 18.3 Å². The molecule has 0 bridgehead atoms. The molecule has 6 heteroatoms. The second-order valence-electron chi connectivity index (χ2n) is 7.61. The maximum absolute atomic E-state index is 12.6. The fraction of sp³-hybridized carbons (Fsp3) is 0.524. The average Bonchev–Trinajstić information content (AvgIpc) is 3.13. The third-order valence-electron chi connectivity index (χ3n) is 5.84. The van der Waals surface area contributed by atoms with E-state index in [0.29, 0.717) is 6.42 Å². The first-order chi connectivity index (χ1) is 13.2. The fourth-order valence-corrected chi connectivity index (χ4v) is 4.38. The Labute approximate surface area is 161 Å². The Balaban J connectivity index is 1.36. The highest BCUT2D eigenvalue weighted by atomic mass is 16.1. The van der Waals surface area contributed by atoms with Crippen LogP contribution in [0.2, 0.25) is 0 Å². The quantitative estimate of drug-likeness (QED) is 0.848. The molecular formula is C21H29N5O. The van der Waals surface area contributed by atoms with E-state index in [9.17, 15) is 4.79 Å². The van der Waals surface area contributed by atoms with Crippen molar-refractivity contribution < 1.29 is 4.79 Å². The van der Waals surface area contributed by atoms with E-state index in [0.717, 1.165) is 51.3 Å². The first kappa shape index (κ1) is 18.2. The molecule has 2 atom stereocenters. The molecule has 2 aliphatic rings. The van der Waals surface area contributed by atoms with Crippen LogP contribution in [0.25, 0.3) is 0 Å². The highest BCUT2D eigenvalue weighted by Gasteiger charge is 2.27. The molecule has 1 amide bonds. The van der Waals surface area contributed by atoms with Crippen LogP contribution in [0.5, 0.6) is 0 Å². The molecule has 0 saturated carbocycles. The molecule has 2 N–H and O–H groups in total. The molecule has 1 aromatic carbocycles. The smallest absolute Gasteiger partial charge is 0.221 e. The van der Waals surface area contributed by atoms with Crippen molar-refractivity contribution in [1.29, 1.82) is 0 Å². The molecular weight excluding hydrogens is 338 g/mol. The van der Waals surface area contributed by atoms with Crippen molar-refractivity contribution in [2.45, 2.75) is 37.8 Å². The summed E-state index contributed by atoms with van der Waals surface area (Å²) in [5.74, 6) is 1.21. The van der Waals surface area contributed by atoms with Gasteiger partial charge < -0.3 is 15.2 Å². The van der Waals surface area contributed by atoms with Crippen LogP contribution in [0, 0.1) is 0 Å². The van der Waals surface area contributed by atoms with Crippen LogP contribution in [0.3, 0.4) is 0 Å². The number of aromatic nitrogens is 2. The fourth-order valence-electron chi connectivity index (χ4n) is 4.38. The number of carbonyl (C=O) groups excluding carboxylic acids is 1. The van der Waals surface area contributed by atoms with Gasteiger partial charge in [0.15, 0.2) is 0 Å². The Morgan fingerprint density at radius 3 is 3.11 bits per heavy atom. The molecule has 6 nitrogen and oxygen atoms in total. The minimum Gasteiger partial charge on any atom is -0.349 e. The molecule has 27 heavy (non-hydrogen) atoms. The number of rotatable bonds is 5. The second-order valence-corrected chi connectivity index (χ2v) is 7.61. The summed E-state index contributed by atoms with van der Waals surface area (Å²) < 4.78 is 2.07. The summed E-state index contributed by atoms with van der Waals surface area (Å²) in [4.78, 5) is 19.5. The number of nitrogens with one attached hydrogen (secondary N) is 2. The summed E-state index contributed by atoms with van der Waals surface area (Å²) in [5.41, 5.74) is 2.68. The van der Waals surface area contributed by atoms with Gasteiger partial charge in [0.1, 0.15) is 5.82 Å². The van der Waals surface area contributed by atoms with Gasteiger partial charge >= 0.3 is 0 Å². The van der Waals surface area contributed by atoms with E-state index in [1.165, 1.54) is 11.1 Å². The van der Waals surface area contributed by atoms with Crippen LogP contribution in [-0.4, -0.2) is 46.5 Å². The summed E-state index contributed by atoms with van der Waals surface area (Å²) in [6, 6.07) is 8.89. The molecule has 1 fully saturated rings. The van der Waals surface area contributed by atoms with E-state index in [1.807, 2.05) is 19.4 Å². The third-order valence-corrected chi connectivity index (χ3v) is 5.84. The summed E-state index contributed by atoms with van der Waals surface area (Å²) in [6.45, 7) is 3.54. The average molecular weight is 367 g/mol. The molecule has 0 spiro atoms. The Morgan fingerprint density at radius 2 is 2.26 bits per heavy atom. The number of piperazine rings is 1. The van der Waals surface area contributed by atoms with Gasteiger partial charge in [-0.2, -0.15) is 0 Å². The number of amides is 1. The lowest BCUT2D eigenvalue weighted by atomic mass is 9.87. The van der Waals surface area contributed by atoms with Gasteiger partial charge in [-0.3, -0.25) is 9.69 Å². The lowest BCUT2D eigenvalue weighted by Gasteiger charge is -2.35. The summed E-state index contributed by atoms with van der Waals surface area (Å²) in [5, 5.41) is 6.72. The monoisotopic (exact) mass is 367 g/mol. The third kappa shape index (κ3) is 4.06. The number of carbonyl (C=O) groups is 1. The van der Waals surface area contributed by atoms with Crippen LogP contribution in [0.4, 0.5) is 0 Å². The van der Waals surface area contributed by atoms with Crippen LogP contribution in [0.15, 0.2) is 36.7 Å². The van der Waals surface area contributed by atoms with Crippen molar-refractivity contribution in [3.05, 3.63) is 53.6 Å². The molecule has 1 aromatic heterocycles. The predicted molar refractivity (Wildman–Crippen MR) is 105 cm³/mol. The van der Waals surface area contributed by atoms with Crippen molar-refractivity contribution in [3.63, 3.8) is 0 Å². The zero-order valence-corrected chi connectivity index (χ0v) is 16.0. The number of hydrogen-bond donors (Lipinski definition) is 2. The summed E-state index contributed by atoms with van der Waals surface area (Å²) in [6.07, 6.45) is 7.65. The van der Waals surface area contributed by atoms with Crippen molar-refractivity contribution in [1.82, 2.24) is 25.1 Å². The molecule has 2 aromatic rings. The number of aryl methyl sites for hydroxylation is 2. The van der Waals surface area contributed by atoms with Crippen molar-refractivity contribution in [3.8, 4) is 0 Å². The highest BCUT2D eigenvalue weighted by Crippen LogP contribution is 2.29. The first-order valence-electron chi connectivity index (χ1n) is 10.0. The van der Waals surface area contributed by atoms with Gasteiger partial charge in [0, 0.05) is 52.0 Å². The van der Waals surface area contributed by atoms with Crippen molar-refractivity contribution >= 4 is 5.91 Å². The Hall–Kier alpha value is -2.18. The lowest BCUT2D eigenvalue weighted by Crippen LogP contribution is -2.47. The summed E-state index contributed by atoms with van der Waals surface area (Å²) >= 11 is 0. The van der Waals surface area contributed by atoms with E-state index >= 15 is 0 Å². The van der Waals surface area contributed by atoms with E-state index in [-0.39, 0.29) is 18.0 Å². The summed E-state index contributed by atoms with van der Waals surface area (Å²) in [7, 11) is 2.03. The Morgan fingerprint density at radius 1 is 1.37 bits per heavy atom. The molecule has 2 unspecified atom stereocenters. The number of fused-ring (bicyclic) bond motifs is 1. The van der Waals surface area contributed by atoms with E-state index in [1.54, 1.807) is 0 Å². The van der Waals surface area contributed by atoms with E-state index in [2.05, 4.69) is 49.4 Å². The number of nitrogens with zero attached hydrogens (tertiary/aromatic N) is 3. The Kier molecular flexibility index (Phi) is 5.55. The predicted octanol–water partition coefficient (Wildman–Crippen LogP) is 1.95. The minimum atomic E-state index is 0.147. The minimum absolute atomic E-state index is 0.147. The van der Waals surface area contributed by atoms with Gasteiger partial charge in [0.2, 0.25) is 5.91 Å². The first-order valence-corrected chi connectivity index (χ1v) is 10.0. The SMILES string of the molecule is Cn1ccnc1C1CNCCN1CCC(=O)NC1CCCc2ccccc21. The molecule has 0 radical (unpaired) electrons. The van der Waals surface area contributed by atoms with Gasteiger partial charge in [-0.15, -0.1) is 0 Å². The standard InChI is InChI=1S/C21H29N5O/c1-25-13-11-23-21(25)19-15-22-10-14-26(19)12-9-20(27)24-18-8-4-6-16-5-2-3-7-17(16)18/h2-3,5,7,11,13,18-19,22H,4,6,8-10,12,14-15H2,1H3,(H,24,27). The molecule has 1 aliphatic carbocycles. The van der Waals surface area contributed by atoms with Crippen LogP contribution < -0.4 is 10.6 Å². The van der Waals surface area contributed by atoms with Gasteiger partial charge in [-0.1, -0.05) is 24.3 Å². The topological polar surface area (TPSA) is 62.2 Å². The Bertz CT molecular complexity index is 786. The molecule has 4 rings (SSSR count). The van der Waals surface area contributed by atoms with E-state index in [4.69, 9.17) is 0 Å². The number of hydrogen-bond acceptors (Lipinski definition) is 4. The van der Waals surface area contributed by atoms with Crippen LogP contribution >= 0.6 is 0 Å². The molecule has 1 saturated heterocycles. The molecule has 1 aliphatic heterocycles. The van der Waals surface area contributed by atoms with E-state index < -0.39 is 0 Å². The zero-order valence-electron chi connectivity index (χ0n) is 16.0. The maximum atomic E-state index is 12.6. The molecule has 144 valence electrons. The van der Waals surface area contributed by atoms with Gasteiger partial charge in [0.05, 0.1) is 12.1 Å². The lowest BCUT2D eigenvalue weighted by molar-refractivity contribution is -0.122. The number of benzene rings is 1. The van der Waals surface area contributed by atoms with Gasteiger partial charge in [-0.05, 0) is 30.4 Å². The normalized spacial score (nSPS) is 23.0. The van der Waals surface area contributed by atoms with Gasteiger partial charge in [0.25, 0.3) is 0 Å². The molecule has 2 heterocycles. The number of imidazole rings is 1.